The molecule has 0 unspecified atom stereocenters. The summed E-state index contributed by atoms with van der Waals surface area (Å²) < 4.78 is 5.58. The molecule has 1 heterocycles. The fourth-order valence-electron chi connectivity index (χ4n) is 2.40. The molecule has 0 radical (unpaired) electrons. The van der Waals surface area contributed by atoms with Gasteiger partial charge in [0.1, 0.15) is 5.58 Å². The Labute approximate surface area is 101 Å². The van der Waals surface area contributed by atoms with Crippen molar-refractivity contribution in [1.82, 2.24) is 5.32 Å². The van der Waals surface area contributed by atoms with Crippen LogP contribution in [0.25, 0.3) is 11.0 Å². The molecule has 1 aliphatic carbocycles. The van der Waals surface area contributed by atoms with Crippen LogP contribution in [0.4, 0.5) is 0 Å². The Morgan fingerprint density at radius 3 is 2.88 bits per heavy atom. The van der Waals surface area contributed by atoms with Crippen LogP contribution in [-0.2, 0) is 13.1 Å². The average molecular weight is 230 g/mol. The normalized spacial score (nSPS) is 16.3. The highest BCUT2D eigenvalue weighted by Gasteiger charge is 2.17. The van der Waals surface area contributed by atoms with E-state index in [0.717, 1.165) is 12.1 Å². The minimum atomic E-state index is 0.563. The molecule has 3 heteroatoms. The van der Waals surface area contributed by atoms with E-state index in [2.05, 4.69) is 11.4 Å². The van der Waals surface area contributed by atoms with Crippen LogP contribution in [0, 0.1) is 0 Å². The van der Waals surface area contributed by atoms with E-state index in [-0.39, 0.29) is 0 Å². The number of benzene rings is 1. The van der Waals surface area contributed by atoms with Gasteiger partial charge < -0.3 is 15.5 Å². The lowest BCUT2D eigenvalue weighted by atomic mass is 9.93. The van der Waals surface area contributed by atoms with Crippen molar-refractivity contribution < 1.29 is 4.42 Å². The molecule has 3 rings (SSSR count). The van der Waals surface area contributed by atoms with E-state index in [1.165, 1.54) is 35.8 Å². The lowest BCUT2D eigenvalue weighted by Gasteiger charge is -2.26. The molecular formula is C14H18N2O. The van der Waals surface area contributed by atoms with Crippen molar-refractivity contribution in [3.63, 3.8) is 0 Å². The lowest BCUT2D eigenvalue weighted by Crippen LogP contribution is -2.34. The first-order chi connectivity index (χ1) is 8.38. The predicted octanol–water partition coefficient (Wildman–Crippen LogP) is 2.53. The molecule has 90 valence electrons. The van der Waals surface area contributed by atoms with Crippen molar-refractivity contribution in [3.8, 4) is 0 Å². The van der Waals surface area contributed by atoms with E-state index >= 15 is 0 Å². The summed E-state index contributed by atoms with van der Waals surface area (Å²) in [6.07, 6.45) is 5.83. The van der Waals surface area contributed by atoms with Gasteiger partial charge in [-0.1, -0.05) is 18.6 Å². The summed E-state index contributed by atoms with van der Waals surface area (Å²) in [5, 5.41) is 4.76. The monoisotopic (exact) mass is 230 g/mol. The maximum Gasteiger partial charge on any atom is 0.134 e. The zero-order chi connectivity index (χ0) is 11.7. The molecule has 1 aromatic carbocycles. The highest BCUT2D eigenvalue weighted by atomic mass is 16.3. The van der Waals surface area contributed by atoms with Crippen LogP contribution in [0.15, 0.2) is 28.9 Å². The van der Waals surface area contributed by atoms with Crippen molar-refractivity contribution in [1.29, 1.82) is 0 Å². The Morgan fingerprint density at radius 2 is 2.18 bits per heavy atom. The molecular weight excluding hydrogens is 212 g/mol. The van der Waals surface area contributed by atoms with Crippen molar-refractivity contribution in [3.05, 3.63) is 35.6 Å². The molecule has 1 aromatic heterocycles. The maximum atomic E-state index is 5.78. The highest BCUT2D eigenvalue weighted by Crippen LogP contribution is 2.26. The van der Waals surface area contributed by atoms with Crippen LogP contribution in [-0.4, -0.2) is 6.04 Å². The number of furan rings is 1. The minimum absolute atomic E-state index is 0.563. The Bertz CT molecular complexity index is 514. The van der Waals surface area contributed by atoms with Crippen molar-refractivity contribution in [2.24, 2.45) is 5.73 Å². The smallest absolute Gasteiger partial charge is 0.134 e. The second-order valence-corrected chi connectivity index (χ2v) is 4.76. The molecule has 0 atom stereocenters. The zero-order valence-corrected chi connectivity index (χ0v) is 9.91. The van der Waals surface area contributed by atoms with E-state index in [4.69, 9.17) is 10.2 Å². The lowest BCUT2D eigenvalue weighted by molar-refractivity contribution is 0.338. The average Bonchev–Trinajstić information content (AvgIpc) is 2.70. The number of nitrogens with one attached hydrogen (secondary N) is 1. The Balaban J connectivity index is 1.87. The van der Waals surface area contributed by atoms with Gasteiger partial charge in [-0.3, -0.25) is 0 Å². The first kappa shape index (κ1) is 10.8. The summed E-state index contributed by atoms with van der Waals surface area (Å²) in [4.78, 5) is 0. The van der Waals surface area contributed by atoms with Crippen LogP contribution in [0.1, 0.15) is 30.4 Å². The van der Waals surface area contributed by atoms with Crippen LogP contribution < -0.4 is 11.1 Å². The Hall–Kier alpha value is -1.32. The maximum absolute atomic E-state index is 5.78. The topological polar surface area (TPSA) is 51.2 Å². The van der Waals surface area contributed by atoms with Crippen molar-refractivity contribution >= 4 is 11.0 Å². The number of fused-ring (bicyclic) bond motifs is 1. The third-order valence-corrected chi connectivity index (χ3v) is 3.67. The zero-order valence-electron chi connectivity index (χ0n) is 9.91. The standard InChI is InChI=1S/C14H18N2O/c15-7-10-3-1-6-13-14(10)11(9-17-13)8-16-12-4-2-5-12/h1,3,6,9,12,16H,2,4-5,7-8,15H2. The predicted molar refractivity (Wildman–Crippen MR) is 68.6 cm³/mol. The van der Waals surface area contributed by atoms with Gasteiger partial charge in [-0.15, -0.1) is 0 Å². The van der Waals surface area contributed by atoms with Gasteiger partial charge in [0.15, 0.2) is 0 Å². The van der Waals surface area contributed by atoms with Gasteiger partial charge in [-0.25, -0.2) is 0 Å². The molecule has 0 amide bonds. The quantitative estimate of drug-likeness (QED) is 0.848. The third kappa shape index (κ3) is 1.96. The van der Waals surface area contributed by atoms with E-state index in [0.29, 0.717) is 12.6 Å². The van der Waals surface area contributed by atoms with Gasteiger partial charge in [-0.05, 0) is 24.5 Å². The molecule has 0 saturated heterocycles. The molecule has 2 aromatic rings. The number of hydrogen-bond acceptors (Lipinski definition) is 3. The van der Waals surface area contributed by atoms with E-state index in [9.17, 15) is 0 Å². The molecule has 3 N–H and O–H groups in total. The van der Waals surface area contributed by atoms with Gasteiger partial charge in [0.25, 0.3) is 0 Å². The molecule has 1 fully saturated rings. The number of hydrogen-bond donors (Lipinski definition) is 2. The molecule has 1 saturated carbocycles. The Morgan fingerprint density at radius 1 is 1.29 bits per heavy atom. The molecule has 0 spiro atoms. The summed E-state index contributed by atoms with van der Waals surface area (Å²) in [6, 6.07) is 6.77. The summed E-state index contributed by atoms with van der Waals surface area (Å²) in [7, 11) is 0. The highest BCUT2D eigenvalue weighted by molar-refractivity contribution is 5.84. The van der Waals surface area contributed by atoms with Gasteiger partial charge in [0.2, 0.25) is 0 Å². The molecule has 0 aliphatic heterocycles. The van der Waals surface area contributed by atoms with Crippen LogP contribution in [0.3, 0.4) is 0 Å². The fraction of sp³-hybridized carbons (Fsp3) is 0.429. The first-order valence-electron chi connectivity index (χ1n) is 6.30. The minimum Gasteiger partial charge on any atom is -0.464 e. The molecule has 17 heavy (non-hydrogen) atoms. The van der Waals surface area contributed by atoms with Crippen LogP contribution in [0.2, 0.25) is 0 Å². The first-order valence-corrected chi connectivity index (χ1v) is 6.30. The molecule has 1 aliphatic rings. The van der Waals surface area contributed by atoms with Gasteiger partial charge in [-0.2, -0.15) is 0 Å². The fourth-order valence-corrected chi connectivity index (χ4v) is 2.40. The second-order valence-electron chi connectivity index (χ2n) is 4.76. The summed E-state index contributed by atoms with van der Waals surface area (Å²) in [6.45, 7) is 1.45. The van der Waals surface area contributed by atoms with Gasteiger partial charge in [0.05, 0.1) is 6.26 Å². The summed E-state index contributed by atoms with van der Waals surface area (Å²) in [5.74, 6) is 0. The molecule has 0 bridgehead atoms. The summed E-state index contributed by atoms with van der Waals surface area (Å²) in [5.41, 5.74) is 9.12. The van der Waals surface area contributed by atoms with Crippen molar-refractivity contribution in [2.45, 2.75) is 38.4 Å². The molecule has 3 nitrogen and oxygen atoms in total. The SMILES string of the molecule is NCc1cccc2occ(CNC3CCC3)c12. The number of nitrogens with two attached hydrogens (primary N) is 1. The van der Waals surface area contributed by atoms with E-state index in [1.807, 2.05) is 18.4 Å². The number of rotatable bonds is 4. The van der Waals surface area contributed by atoms with Crippen molar-refractivity contribution in [2.75, 3.05) is 0 Å². The van der Waals surface area contributed by atoms with E-state index < -0.39 is 0 Å². The van der Waals surface area contributed by atoms with Gasteiger partial charge in [0, 0.05) is 30.1 Å². The Kier molecular flexibility index (Phi) is 2.87. The summed E-state index contributed by atoms with van der Waals surface area (Å²) >= 11 is 0. The van der Waals surface area contributed by atoms with Crippen LogP contribution in [0.5, 0.6) is 0 Å². The van der Waals surface area contributed by atoms with Gasteiger partial charge >= 0.3 is 0 Å². The second kappa shape index (κ2) is 4.51. The largest absolute Gasteiger partial charge is 0.464 e. The van der Waals surface area contributed by atoms with E-state index in [1.54, 1.807) is 0 Å². The third-order valence-electron chi connectivity index (χ3n) is 3.67. The van der Waals surface area contributed by atoms with Crippen LogP contribution >= 0.6 is 0 Å².